The molecule has 1 amide bonds. The van der Waals surface area contributed by atoms with E-state index < -0.39 is 0 Å². The molecule has 0 aliphatic carbocycles. The third-order valence-corrected chi connectivity index (χ3v) is 4.35. The zero-order valence-electron chi connectivity index (χ0n) is 11.0. The molecule has 1 aromatic rings. The van der Waals surface area contributed by atoms with Gasteiger partial charge >= 0.3 is 0 Å². The number of carbonyl (C=O) groups is 1. The third-order valence-electron chi connectivity index (χ3n) is 4.35. The van der Waals surface area contributed by atoms with Crippen molar-refractivity contribution >= 4 is 5.91 Å². The lowest BCUT2D eigenvalue weighted by atomic mass is 9.71. The third kappa shape index (κ3) is 1.56. The highest BCUT2D eigenvalue weighted by molar-refractivity contribution is 5.89. The molecule has 96 valence electrons. The Hall–Kier alpha value is -1.42. The number of hydrogen-bond acceptors (Lipinski definition) is 3. The maximum absolute atomic E-state index is 12.6. The van der Waals surface area contributed by atoms with Gasteiger partial charge in [0.15, 0.2) is 0 Å². The van der Waals surface area contributed by atoms with E-state index in [0.717, 1.165) is 31.6 Å². The van der Waals surface area contributed by atoms with Gasteiger partial charge in [-0.25, -0.2) is 0 Å². The molecule has 1 aromatic heterocycles. The van der Waals surface area contributed by atoms with Crippen LogP contribution in [0.3, 0.4) is 0 Å². The number of amides is 1. The van der Waals surface area contributed by atoms with Crippen molar-refractivity contribution in [3.63, 3.8) is 0 Å². The molecule has 18 heavy (non-hydrogen) atoms. The maximum Gasteiger partial charge on any atom is 0.234 e. The first kappa shape index (κ1) is 11.7. The summed E-state index contributed by atoms with van der Waals surface area (Å²) in [5, 5.41) is 0. The van der Waals surface area contributed by atoms with Gasteiger partial charge in [0.25, 0.3) is 0 Å². The molecule has 4 heteroatoms. The minimum atomic E-state index is -0.365. The Morgan fingerprint density at radius 3 is 2.72 bits per heavy atom. The fourth-order valence-corrected chi connectivity index (χ4v) is 3.24. The molecule has 0 N–H and O–H groups in total. The van der Waals surface area contributed by atoms with Gasteiger partial charge in [0.1, 0.15) is 0 Å². The summed E-state index contributed by atoms with van der Waals surface area (Å²) < 4.78 is 0. The molecule has 0 radical (unpaired) electrons. The lowest BCUT2D eigenvalue weighted by Gasteiger charge is -2.44. The Labute approximate surface area is 108 Å². The molecular formula is C14H19N3O. The van der Waals surface area contributed by atoms with Gasteiger partial charge in [0.2, 0.25) is 5.91 Å². The van der Waals surface area contributed by atoms with Crippen LogP contribution in [-0.2, 0) is 16.8 Å². The molecular weight excluding hydrogens is 226 g/mol. The first-order valence-electron chi connectivity index (χ1n) is 6.52. The minimum Gasteiger partial charge on any atom is -0.341 e. The van der Waals surface area contributed by atoms with Crippen LogP contribution in [0, 0.1) is 0 Å². The van der Waals surface area contributed by atoms with E-state index >= 15 is 0 Å². The standard InChI is InChI=1S/C14H19N3O/c1-16-8-5-14(6-9-16)12-11(4-3-7-15-12)10-17(2)13(14)18/h3-4,7H,5-6,8-10H2,1-2H3. The van der Waals surface area contributed by atoms with Crippen molar-refractivity contribution in [3.05, 3.63) is 29.6 Å². The quantitative estimate of drug-likeness (QED) is 0.684. The van der Waals surface area contributed by atoms with Crippen molar-refractivity contribution in [3.8, 4) is 0 Å². The van der Waals surface area contributed by atoms with Crippen molar-refractivity contribution in [2.24, 2.45) is 0 Å². The van der Waals surface area contributed by atoms with Crippen molar-refractivity contribution in [2.75, 3.05) is 27.2 Å². The number of likely N-dealkylation sites (N-methyl/N-ethyl adjacent to an activating group) is 1. The number of likely N-dealkylation sites (tertiary alicyclic amines) is 1. The normalized spacial score (nSPS) is 23.2. The van der Waals surface area contributed by atoms with Gasteiger partial charge in [-0.15, -0.1) is 0 Å². The van der Waals surface area contributed by atoms with Crippen molar-refractivity contribution in [1.29, 1.82) is 0 Å². The molecule has 1 fully saturated rings. The van der Waals surface area contributed by atoms with Crippen molar-refractivity contribution in [2.45, 2.75) is 24.8 Å². The molecule has 0 atom stereocenters. The highest BCUT2D eigenvalue weighted by atomic mass is 16.2. The topological polar surface area (TPSA) is 36.4 Å². The van der Waals surface area contributed by atoms with Crippen LogP contribution in [0.25, 0.3) is 0 Å². The molecule has 3 heterocycles. The van der Waals surface area contributed by atoms with Crippen LogP contribution in [0.4, 0.5) is 0 Å². The summed E-state index contributed by atoms with van der Waals surface area (Å²) in [5.41, 5.74) is 1.88. The maximum atomic E-state index is 12.6. The van der Waals surface area contributed by atoms with E-state index in [9.17, 15) is 4.79 Å². The Kier molecular flexibility index (Phi) is 2.63. The Balaban J connectivity index is 2.09. The van der Waals surface area contributed by atoms with Gasteiger partial charge in [-0.1, -0.05) is 6.07 Å². The average Bonchev–Trinajstić information content (AvgIpc) is 2.39. The number of fused-ring (bicyclic) bond motifs is 2. The van der Waals surface area contributed by atoms with E-state index in [1.165, 1.54) is 5.56 Å². The second kappa shape index (κ2) is 4.05. The number of piperidine rings is 1. The first-order valence-corrected chi connectivity index (χ1v) is 6.52. The van der Waals surface area contributed by atoms with Gasteiger partial charge in [0, 0.05) is 19.8 Å². The fraction of sp³-hybridized carbons (Fsp3) is 0.571. The highest BCUT2D eigenvalue weighted by Crippen LogP contribution is 2.40. The van der Waals surface area contributed by atoms with Gasteiger partial charge in [-0.3, -0.25) is 9.78 Å². The van der Waals surface area contributed by atoms with Gasteiger partial charge in [0.05, 0.1) is 11.1 Å². The molecule has 1 saturated heterocycles. The van der Waals surface area contributed by atoms with Crippen LogP contribution in [0.1, 0.15) is 24.1 Å². The van der Waals surface area contributed by atoms with Crippen LogP contribution < -0.4 is 0 Å². The predicted octanol–water partition coefficient (Wildman–Crippen LogP) is 1.02. The van der Waals surface area contributed by atoms with E-state index in [4.69, 9.17) is 0 Å². The molecule has 0 saturated carbocycles. The van der Waals surface area contributed by atoms with Crippen molar-refractivity contribution < 1.29 is 4.79 Å². The predicted molar refractivity (Wildman–Crippen MR) is 69.1 cm³/mol. The largest absolute Gasteiger partial charge is 0.341 e. The lowest BCUT2D eigenvalue weighted by Crippen LogP contribution is -2.54. The van der Waals surface area contributed by atoms with E-state index in [-0.39, 0.29) is 11.3 Å². The SMILES string of the molecule is CN1CCC2(CC1)C(=O)N(C)Cc1cccnc12. The fourth-order valence-electron chi connectivity index (χ4n) is 3.24. The molecule has 1 spiro atoms. The summed E-state index contributed by atoms with van der Waals surface area (Å²) in [7, 11) is 4.02. The summed E-state index contributed by atoms with van der Waals surface area (Å²) in [4.78, 5) is 21.3. The minimum absolute atomic E-state index is 0.252. The van der Waals surface area contributed by atoms with E-state index in [0.29, 0.717) is 6.54 Å². The van der Waals surface area contributed by atoms with E-state index in [1.54, 1.807) is 0 Å². The average molecular weight is 245 g/mol. The van der Waals surface area contributed by atoms with Crippen LogP contribution >= 0.6 is 0 Å². The number of nitrogens with zero attached hydrogens (tertiary/aromatic N) is 3. The highest BCUT2D eigenvalue weighted by Gasteiger charge is 2.48. The molecule has 0 aromatic carbocycles. The number of hydrogen-bond donors (Lipinski definition) is 0. The number of rotatable bonds is 0. The summed E-state index contributed by atoms with van der Waals surface area (Å²) in [6.07, 6.45) is 3.59. The second-order valence-electron chi connectivity index (χ2n) is 5.56. The zero-order chi connectivity index (χ0) is 12.8. The zero-order valence-corrected chi connectivity index (χ0v) is 11.0. The molecule has 4 nitrogen and oxygen atoms in total. The molecule has 2 aliphatic rings. The van der Waals surface area contributed by atoms with E-state index in [2.05, 4.69) is 23.0 Å². The lowest BCUT2D eigenvalue weighted by molar-refractivity contribution is -0.140. The van der Waals surface area contributed by atoms with Crippen LogP contribution in [0.5, 0.6) is 0 Å². The summed E-state index contributed by atoms with van der Waals surface area (Å²) >= 11 is 0. The van der Waals surface area contributed by atoms with Crippen molar-refractivity contribution in [1.82, 2.24) is 14.8 Å². The molecule has 0 bridgehead atoms. The second-order valence-corrected chi connectivity index (χ2v) is 5.56. The van der Waals surface area contributed by atoms with Gasteiger partial charge < -0.3 is 9.80 Å². The van der Waals surface area contributed by atoms with Gasteiger partial charge in [-0.05, 0) is 44.6 Å². The summed E-state index contributed by atoms with van der Waals surface area (Å²) in [6.45, 7) is 2.63. The number of carbonyl (C=O) groups excluding carboxylic acids is 1. The van der Waals surface area contributed by atoms with E-state index in [1.807, 2.05) is 24.2 Å². The van der Waals surface area contributed by atoms with Gasteiger partial charge in [-0.2, -0.15) is 0 Å². The molecule has 2 aliphatic heterocycles. The Bertz CT molecular complexity index is 478. The Morgan fingerprint density at radius 1 is 1.28 bits per heavy atom. The van der Waals surface area contributed by atoms with Crippen LogP contribution in [0.2, 0.25) is 0 Å². The Morgan fingerprint density at radius 2 is 2.00 bits per heavy atom. The number of aromatic nitrogens is 1. The van der Waals surface area contributed by atoms with Crippen LogP contribution in [0.15, 0.2) is 18.3 Å². The number of pyridine rings is 1. The monoisotopic (exact) mass is 245 g/mol. The molecule has 3 rings (SSSR count). The van der Waals surface area contributed by atoms with Crippen LogP contribution in [-0.4, -0.2) is 47.9 Å². The molecule has 0 unspecified atom stereocenters. The summed E-state index contributed by atoms with van der Waals surface area (Å²) in [5.74, 6) is 0.252. The summed E-state index contributed by atoms with van der Waals surface area (Å²) in [6, 6.07) is 4.07. The smallest absolute Gasteiger partial charge is 0.234 e. The first-order chi connectivity index (χ1) is 8.63.